The molecule has 0 aromatic carbocycles. The zero-order chi connectivity index (χ0) is 12.1. The fourth-order valence-electron chi connectivity index (χ4n) is 0.863. The molecule has 0 radical (unpaired) electrons. The molecule has 86 valence electrons. The first-order valence-corrected chi connectivity index (χ1v) is 6.09. The molecule has 0 rings (SSSR count). The molecule has 0 saturated carbocycles. The van der Waals surface area contributed by atoms with Gasteiger partial charge in [0.25, 0.3) is 0 Å². The Morgan fingerprint density at radius 1 is 1.60 bits per heavy atom. The van der Waals surface area contributed by atoms with Crippen molar-refractivity contribution in [2.24, 2.45) is 0 Å². The Morgan fingerprint density at radius 3 is 2.40 bits per heavy atom. The summed E-state index contributed by atoms with van der Waals surface area (Å²) in [5.74, 6) is 3.50. The zero-order valence-corrected chi connectivity index (χ0v) is 10.1. The molecular weight excluding hydrogens is 219 g/mol. The van der Waals surface area contributed by atoms with Crippen molar-refractivity contribution in [3.63, 3.8) is 0 Å². The van der Waals surface area contributed by atoms with Crippen LogP contribution in [0.1, 0.15) is 20.8 Å². The summed E-state index contributed by atoms with van der Waals surface area (Å²) in [5, 5.41) is 8.91. The minimum atomic E-state index is -3.37. The Bertz CT molecular complexity index is 332. The number of aliphatic carboxylic acids is 1. The van der Waals surface area contributed by atoms with Crippen molar-refractivity contribution in [3.8, 4) is 11.8 Å². The molecule has 0 aliphatic carbocycles. The topological polar surface area (TPSA) is 72.8 Å². The lowest BCUT2D eigenvalue weighted by Gasteiger charge is -2.24. The maximum Gasteiger partial charge on any atom is 0.348 e. The average Bonchev–Trinajstić information content (AvgIpc) is 2.17. The monoisotopic (exact) mass is 234 g/mol. The van der Waals surface area contributed by atoms with Crippen LogP contribution in [0.2, 0.25) is 0 Å². The van der Waals surface area contributed by atoms with Crippen molar-refractivity contribution in [1.29, 1.82) is 0 Å². The molecule has 1 N–H and O–H groups in total. The van der Waals surface area contributed by atoms with Crippen molar-refractivity contribution >= 4 is 13.6 Å². The van der Waals surface area contributed by atoms with E-state index in [9.17, 15) is 9.36 Å². The molecule has 0 bridgehead atoms. The standard InChI is InChI=1S/C9H15O5P/c1-5-7-9(3,8(10)11)14-15(12,6-2)13-4/h6H2,1-4H3,(H,10,11). The van der Waals surface area contributed by atoms with Crippen LogP contribution in [-0.2, 0) is 18.4 Å². The van der Waals surface area contributed by atoms with E-state index in [1.807, 2.05) is 0 Å². The molecule has 2 unspecified atom stereocenters. The first kappa shape index (κ1) is 14.2. The maximum absolute atomic E-state index is 11.8. The van der Waals surface area contributed by atoms with Gasteiger partial charge in [0.1, 0.15) is 0 Å². The van der Waals surface area contributed by atoms with Crippen molar-refractivity contribution < 1.29 is 23.5 Å². The van der Waals surface area contributed by atoms with Crippen LogP contribution in [0.25, 0.3) is 0 Å². The molecule has 2 atom stereocenters. The molecule has 0 amide bonds. The molecule has 0 saturated heterocycles. The summed E-state index contributed by atoms with van der Waals surface area (Å²) >= 11 is 0. The average molecular weight is 234 g/mol. The lowest BCUT2D eigenvalue weighted by atomic mass is 10.1. The second kappa shape index (κ2) is 5.32. The van der Waals surface area contributed by atoms with Gasteiger partial charge in [0.15, 0.2) is 0 Å². The molecule has 0 aliphatic rings. The second-order valence-electron chi connectivity index (χ2n) is 2.91. The van der Waals surface area contributed by atoms with Gasteiger partial charge in [-0.15, -0.1) is 5.92 Å². The number of carbonyl (C=O) groups is 1. The van der Waals surface area contributed by atoms with E-state index < -0.39 is 19.2 Å². The molecule has 0 aromatic rings. The van der Waals surface area contributed by atoms with Gasteiger partial charge in [0.05, 0.1) is 0 Å². The van der Waals surface area contributed by atoms with Crippen LogP contribution in [0.5, 0.6) is 0 Å². The van der Waals surface area contributed by atoms with Crippen molar-refractivity contribution in [3.05, 3.63) is 0 Å². The van der Waals surface area contributed by atoms with Crippen LogP contribution in [0.3, 0.4) is 0 Å². The minimum Gasteiger partial charge on any atom is -0.478 e. The van der Waals surface area contributed by atoms with Crippen LogP contribution < -0.4 is 0 Å². The Morgan fingerprint density at radius 2 is 2.13 bits per heavy atom. The zero-order valence-electron chi connectivity index (χ0n) is 9.23. The summed E-state index contributed by atoms with van der Waals surface area (Å²) < 4.78 is 21.4. The molecule has 6 heteroatoms. The number of hydrogen-bond donors (Lipinski definition) is 1. The van der Waals surface area contributed by atoms with E-state index in [4.69, 9.17) is 9.63 Å². The van der Waals surface area contributed by atoms with Gasteiger partial charge < -0.3 is 9.63 Å². The van der Waals surface area contributed by atoms with E-state index >= 15 is 0 Å². The van der Waals surface area contributed by atoms with Crippen LogP contribution in [0.15, 0.2) is 0 Å². The summed E-state index contributed by atoms with van der Waals surface area (Å²) in [7, 11) is -2.16. The first-order chi connectivity index (χ1) is 6.83. The van der Waals surface area contributed by atoms with Gasteiger partial charge in [0, 0.05) is 13.3 Å². The highest BCUT2D eigenvalue weighted by molar-refractivity contribution is 7.53. The van der Waals surface area contributed by atoms with E-state index in [1.165, 1.54) is 21.0 Å². The third-order valence-corrected chi connectivity index (χ3v) is 3.73. The fraction of sp³-hybridized carbons (Fsp3) is 0.667. The summed E-state index contributed by atoms with van der Waals surface area (Å²) in [6, 6.07) is 0. The Labute approximate surface area is 89.3 Å². The summed E-state index contributed by atoms with van der Waals surface area (Å²) in [6.07, 6.45) is 0.0950. The van der Waals surface area contributed by atoms with Gasteiger partial charge >= 0.3 is 13.6 Å². The highest BCUT2D eigenvalue weighted by Crippen LogP contribution is 2.50. The molecule has 0 heterocycles. The fourth-order valence-corrected chi connectivity index (χ4v) is 2.00. The number of carboxylic acid groups (broad SMARTS) is 1. The SMILES string of the molecule is CC#CC(C)(OP(=O)(CC)OC)C(=O)O. The molecule has 0 spiro atoms. The van der Waals surface area contributed by atoms with Gasteiger partial charge in [0.2, 0.25) is 5.60 Å². The van der Waals surface area contributed by atoms with Gasteiger partial charge in [-0.1, -0.05) is 12.8 Å². The predicted octanol–water partition coefficient (Wildman–Crippen LogP) is 1.73. The highest BCUT2D eigenvalue weighted by atomic mass is 31.2. The molecule has 5 nitrogen and oxygen atoms in total. The van der Waals surface area contributed by atoms with Crippen LogP contribution >= 0.6 is 7.60 Å². The van der Waals surface area contributed by atoms with E-state index in [2.05, 4.69) is 16.4 Å². The molecule has 0 aliphatic heterocycles. The Balaban J connectivity index is 5.06. The molecule has 0 fully saturated rings. The smallest absolute Gasteiger partial charge is 0.348 e. The lowest BCUT2D eigenvalue weighted by molar-refractivity contribution is -0.149. The molecular formula is C9H15O5P. The van der Waals surface area contributed by atoms with Crippen molar-refractivity contribution in [2.75, 3.05) is 13.3 Å². The highest BCUT2D eigenvalue weighted by Gasteiger charge is 2.40. The van der Waals surface area contributed by atoms with Crippen molar-refractivity contribution in [1.82, 2.24) is 0 Å². The number of hydrogen-bond acceptors (Lipinski definition) is 4. The van der Waals surface area contributed by atoms with Crippen LogP contribution in [-0.4, -0.2) is 29.9 Å². The largest absolute Gasteiger partial charge is 0.478 e. The van der Waals surface area contributed by atoms with Gasteiger partial charge in [-0.2, -0.15) is 0 Å². The Kier molecular flexibility index (Phi) is 5.02. The number of rotatable bonds is 5. The summed E-state index contributed by atoms with van der Waals surface area (Å²) in [4.78, 5) is 10.9. The third kappa shape index (κ3) is 3.67. The minimum absolute atomic E-state index is 0.0950. The first-order valence-electron chi connectivity index (χ1n) is 4.36. The van der Waals surface area contributed by atoms with E-state index in [1.54, 1.807) is 6.92 Å². The van der Waals surface area contributed by atoms with Gasteiger partial charge in [-0.05, 0) is 13.8 Å². The van der Waals surface area contributed by atoms with E-state index in [-0.39, 0.29) is 6.16 Å². The normalized spacial score (nSPS) is 18.1. The predicted molar refractivity (Wildman–Crippen MR) is 55.7 cm³/mol. The molecule has 0 aromatic heterocycles. The van der Waals surface area contributed by atoms with E-state index in [0.717, 1.165) is 0 Å². The Hall–Kier alpha value is -0.820. The second-order valence-corrected chi connectivity index (χ2v) is 5.32. The molecule has 15 heavy (non-hydrogen) atoms. The van der Waals surface area contributed by atoms with Crippen molar-refractivity contribution in [2.45, 2.75) is 26.4 Å². The van der Waals surface area contributed by atoms with Gasteiger partial charge in [-0.25, -0.2) is 4.79 Å². The van der Waals surface area contributed by atoms with E-state index in [0.29, 0.717) is 0 Å². The van der Waals surface area contributed by atoms with Crippen LogP contribution in [0.4, 0.5) is 0 Å². The maximum atomic E-state index is 11.8. The summed E-state index contributed by atoms with van der Waals surface area (Å²) in [5.41, 5.74) is -1.80. The summed E-state index contributed by atoms with van der Waals surface area (Å²) in [6.45, 7) is 4.31. The number of carboxylic acids is 1. The van der Waals surface area contributed by atoms with Gasteiger partial charge in [-0.3, -0.25) is 9.09 Å². The lowest BCUT2D eigenvalue weighted by Crippen LogP contribution is -2.36. The third-order valence-electron chi connectivity index (χ3n) is 1.76. The quantitative estimate of drug-likeness (QED) is 0.579. The van der Waals surface area contributed by atoms with Crippen LogP contribution in [0, 0.1) is 11.8 Å².